The van der Waals surface area contributed by atoms with Gasteiger partial charge in [0, 0.05) is 31.8 Å². The van der Waals surface area contributed by atoms with Gasteiger partial charge in [-0.15, -0.1) is 0 Å². The molecule has 2 aromatic carbocycles. The first-order chi connectivity index (χ1) is 29.4. The molecule has 62 heavy (non-hydrogen) atoms. The number of aromatic nitrogens is 2. The first-order valence-electron chi connectivity index (χ1n) is 21.4. The minimum absolute atomic E-state index is 0.0731. The number of carbonyl (C=O) groups excluding carboxylic acids is 3. The molecule has 331 valence electrons. The molecule has 2 amide bonds. The third kappa shape index (κ3) is 10.5. The Labute approximate surface area is 373 Å². The van der Waals surface area contributed by atoms with Crippen LogP contribution in [0.15, 0.2) is 59.9 Å². The van der Waals surface area contributed by atoms with Crippen LogP contribution in [0.25, 0.3) is 33.3 Å². The van der Waals surface area contributed by atoms with Crippen molar-refractivity contribution >= 4 is 51.6 Å². The molecule has 1 saturated carbocycles. The third-order valence-electron chi connectivity index (χ3n) is 12.0. The smallest absolute Gasteiger partial charge is 0.204 e. The molecule has 4 aromatic rings. The van der Waals surface area contributed by atoms with E-state index in [1.54, 1.807) is 25.4 Å². The summed E-state index contributed by atoms with van der Waals surface area (Å²) in [6.07, 6.45) is 3.08. The number of esters is 1. The Morgan fingerprint density at radius 1 is 1.15 bits per heavy atom. The van der Waals surface area contributed by atoms with Gasteiger partial charge in [0.05, 0.1) is 17.5 Å². The van der Waals surface area contributed by atoms with Gasteiger partial charge in [-0.25, -0.2) is 8.78 Å². The second-order valence-electron chi connectivity index (χ2n) is 17.7. The number of aryl methyl sites for hydroxylation is 1. The van der Waals surface area contributed by atoms with Crippen LogP contribution in [0.4, 0.5) is 8.78 Å². The molecule has 2 fully saturated rings. The molecule has 1 aliphatic carbocycles. The topological polar surface area (TPSA) is 164 Å². The number of pyridine rings is 1. The van der Waals surface area contributed by atoms with Crippen molar-refractivity contribution in [2.45, 2.75) is 119 Å². The molecule has 6 bridgehead atoms. The van der Waals surface area contributed by atoms with Gasteiger partial charge in [-0.1, -0.05) is 19.0 Å². The van der Waals surface area contributed by atoms with Crippen LogP contribution >= 0.6 is 0 Å². The van der Waals surface area contributed by atoms with Crippen molar-refractivity contribution in [2.75, 3.05) is 20.3 Å². The van der Waals surface area contributed by atoms with E-state index < -0.39 is 58.3 Å². The molecule has 16 heteroatoms. The van der Waals surface area contributed by atoms with Crippen LogP contribution in [0.2, 0.25) is 8.35 Å². The second kappa shape index (κ2) is 19.5. The number of fused-ring (bicyclic) bond motifs is 6. The monoisotopic (exact) mass is 959 g/mol. The van der Waals surface area contributed by atoms with Gasteiger partial charge in [0.2, 0.25) is 0 Å². The zero-order chi connectivity index (χ0) is 45.1. The number of hydrazine groups is 1. The Morgan fingerprint density at radius 2 is 1.89 bits per heavy atom. The number of rotatable bonds is 9. The summed E-state index contributed by atoms with van der Waals surface area (Å²) in [5.74, 6) is -3.36. The number of phenols is 1. The number of nitroso groups, excluding NO2 is 1. The minimum atomic E-state index is -2.76. The first-order valence-corrected chi connectivity index (χ1v) is 26.6. The standard InChI is InChI=1S/C42H52N5O6.C3H3F2NO.CH3.In/c1-8-46-36-14-13-28-22-32(36)33(39(46)31-11-9-15-43-38(31)26(4)52-7)23-42(5,6)24-53-41(51)34-12-10-16-47(45-34)40(50)35(44-37(49)17-25(2)3)20-27-18-29(28)21-30(48)19-27;4-3(5)1-2(3)6-7;;/h9,11,13-15,17-19,21-22,25-26,34-35,45,48H,8,10,12,16,20,23-24H2,1-7H3,(H,44,49);2H,1H2;1H3;/t26-,34-,35-;2-;;/m00../s1. The van der Waals surface area contributed by atoms with Crippen LogP contribution in [0, 0.1) is 16.2 Å². The van der Waals surface area contributed by atoms with Gasteiger partial charge in [-0.3, -0.25) is 4.98 Å². The van der Waals surface area contributed by atoms with Crippen LogP contribution in [0.3, 0.4) is 0 Å². The minimum Gasteiger partial charge on any atom is -0.204 e. The van der Waals surface area contributed by atoms with Gasteiger partial charge in [0.1, 0.15) is 0 Å². The summed E-state index contributed by atoms with van der Waals surface area (Å²) in [7, 11) is 1.69. The molecule has 1 radical (unpaired) electrons. The van der Waals surface area contributed by atoms with E-state index in [4.69, 9.17) is 14.5 Å². The van der Waals surface area contributed by atoms with E-state index >= 15 is 0 Å². The van der Waals surface area contributed by atoms with Crippen LogP contribution in [-0.2, 0) is 43.2 Å². The average molecular weight is 960 g/mol. The number of amides is 2. The van der Waals surface area contributed by atoms with Crippen molar-refractivity contribution in [3.05, 3.63) is 76.5 Å². The number of hydrogen-bond donors (Lipinski definition) is 3. The maximum absolute atomic E-state index is 14.3. The Balaban J connectivity index is 0.000000833. The molecular weight excluding hydrogens is 901 g/mol. The Hall–Kier alpha value is -4.41. The van der Waals surface area contributed by atoms with E-state index in [0.29, 0.717) is 37.9 Å². The number of nitrogens with one attached hydrogen (secondary N) is 2. The first kappa shape index (κ1) is 47.1. The summed E-state index contributed by atoms with van der Waals surface area (Å²) >= 11 is -1.22. The molecule has 0 unspecified atom stereocenters. The predicted molar refractivity (Wildman–Crippen MR) is 235 cm³/mol. The Bertz CT molecular complexity index is 2300. The maximum atomic E-state index is 14.3. The van der Waals surface area contributed by atoms with Crippen molar-refractivity contribution in [1.29, 1.82) is 0 Å². The average Bonchev–Trinajstić information content (AvgIpc) is 3.77. The van der Waals surface area contributed by atoms with Crippen molar-refractivity contribution in [3.8, 4) is 28.1 Å². The van der Waals surface area contributed by atoms with Gasteiger partial charge in [0.15, 0.2) is 6.04 Å². The van der Waals surface area contributed by atoms with E-state index in [1.165, 1.54) is 5.01 Å². The third-order valence-corrected chi connectivity index (χ3v) is 17.1. The SMILES string of the molecule is CCn1c(-c2cccnc2[C@H](C)OC)c2c3cc(ccc31)-c1cc(O)cc(c1)C[C@H](NC(=O)[C@@H]([In][CH3])C(C)C)C(=O)N1CCC[C@H](N1)C(=O)OCC(C)(C)C2.O=N[C@H]1CC1(F)F. The number of ether oxygens (including phenoxy) is 2. The van der Waals surface area contributed by atoms with E-state index in [1.807, 2.05) is 32.9 Å². The Morgan fingerprint density at radius 3 is 2.52 bits per heavy atom. The molecule has 4 heterocycles. The fourth-order valence-corrected chi connectivity index (χ4v) is 11.8. The molecule has 7 rings (SSSR count). The predicted octanol–water partition coefficient (Wildman–Crippen LogP) is 7.81. The van der Waals surface area contributed by atoms with Crippen LogP contribution in [0.1, 0.15) is 83.7 Å². The molecule has 3 N–H and O–H groups in total. The summed E-state index contributed by atoms with van der Waals surface area (Å²) in [5, 5.41) is 18.9. The number of aromatic hydroxyl groups is 1. The van der Waals surface area contributed by atoms with E-state index in [2.05, 4.69) is 70.2 Å². The van der Waals surface area contributed by atoms with Gasteiger partial charge in [0.25, 0.3) is 5.92 Å². The van der Waals surface area contributed by atoms with Crippen molar-refractivity contribution in [3.63, 3.8) is 0 Å². The zero-order valence-corrected chi connectivity index (χ0v) is 40.1. The number of halogens is 2. The number of nitrogens with zero attached hydrogens (tertiary/aromatic N) is 4. The fraction of sp³-hybridized carbons (Fsp3) is 0.522. The Kier molecular flexibility index (Phi) is 14.8. The summed E-state index contributed by atoms with van der Waals surface area (Å²) in [6, 6.07) is 13.0. The van der Waals surface area contributed by atoms with Gasteiger partial charge in [-0.2, -0.15) is 4.91 Å². The van der Waals surface area contributed by atoms with E-state index in [0.717, 1.165) is 44.5 Å². The van der Waals surface area contributed by atoms with Gasteiger partial charge < -0.3 is 9.30 Å². The summed E-state index contributed by atoms with van der Waals surface area (Å²) in [5.41, 5.74) is 10.1. The molecular formula is C46H58F2InN6O7. The van der Waals surface area contributed by atoms with Crippen LogP contribution in [-0.4, -0.2) is 105 Å². The zero-order valence-electron chi connectivity index (χ0n) is 36.8. The number of cyclic esters (lactones) is 1. The molecule has 1 saturated heterocycles. The summed E-state index contributed by atoms with van der Waals surface area (Å²) in [4.78, 5) is 55.7. The number of phenolic OH excluding ortho intramolecular Hbond substituents is 1. The normalized spacial score (nSPS) is 21.8. The molecule has 2 aromatic heterocycles. The van der Waals surface area contributed by atoms with Crippen molar-refractivity contribution in [1.82, 2.24) is 25.3 Å². The quantitative estimate of drug-likeness (QED) is 0.112. The van der Waals surface area contributed by atoms with Crippen molar-refractivity contribution < 1.29 is 37.7 Å². The molecule has 2 aliphatic heterocycles. The van der Waals surface area contributed by atoms with E-state index in [9.17, 15) is 33.2 Å². The number of alkyl halides is 2. The van der Waals surface area contributed by atoms with E-state index in [-0.39, 0.29) is 52.7 Å². The number of hydrogen-bond acceptors (Lipinski definition) is 10. The number of carbonyl (C=O) groups is 3. The summed E-state index contributed by atoms with van der Waals surface area (Å²) < 4.78 is 39.3. The molecule has 3 aliphatic rings. The second-order valence-corrected chi connectivity index (χ2v) is 21.7. The number of benzene rings is 2. The molecule has 0 spiro atoms. The summed E-state index contributed by atoms with van der Waals surface area (Å²) in [6.45, 7) is 13.7. The number of methoxy groups -OCH3 is 1. The molecule has 13 nitrogen and oxygen atoms in total. The fourth-order valence-electron chi connectivity index (χ4n) is 8.49. The molecule has 5 atom stereocenters. The van der Waals surface area contributed by atoms with Crippen molar-refractivity contribution in [2.24, 2.45) is 16.5 Å². The van der Waals surface area contributed by atoms with Gasteiger partial charge in [-0.05, 0) is 32.4 Å². The van der Waals surface area contributed by atoms with Crippen LogP contribution in [0.5, 0.6) is 5.75 Å². The van der Waals surface area contributed by atoms with Crippen LogP contribution < -0.4 is 10.7 Å². The van der Waals surface area contributed by atoms with Gasteiger partial charge >= 0.3 is 234 Å².